The lowest BCUT2D eigenvalue weighted by Gasteiger charge is -2.30. The standard InChI is InChI=1S/C27H28N4O4/c1-16-12-23-21(29-26(32)24-15-28-25(31(23)24)17-7-10-35-11-8-17)14-20(16)27(33)30-9-3-4-18-13-19(34-2)5-6-22(18)30/h5-6,12-15,17H,3-4,7-11H2,1-2H3,(H,29,32). The van der Waals surface area contributed by atoms with Crippen LogP contribution in [0.2, 0.25) is 0 Å². The average Bonchev–Trinajstić information content (AvgIpc) is 3.34. The van der Waals surface area contributed by atoms with E-state index in [2.05, 4.69) is 9.97 Å². The molecule has 0 spiro atoms. The minimum atomic E-state index is -0.207. The number of imidazole rings is 1. The Balaban J connectivity index is 1.46. The summed E-state index contributed by atoms with van der Waals surface area (Å²) in [6.07, 6.45) is 5.20. The van der Waals surface area contributed by atoms with Gasteiger partial charge in [0.15, 0.2) is 0 Å². The van der Waals surface area contributed by atoms with Crippen LogP contribution in [0.3, 0.4) is 0 Å². The molecule has 0 atom stereocenters. The minimum absolute atomic E-state index is 0.0632. The van der Waals surface area contributed by atoms with Gasteiger partial charge in [-0.3, -0.25) is 14.0 Å². The maximum Gasteiger partial charge on any atom is 0.274 e. The maximum atomic E-state index is 13.8. The van der Waals surface area contributed by atoms with Crippen LogP contribution >= 0.6 is 0 Å². The smallest absolute Gasteiger partial charge is 0.274 e. The van der Waals surface area contributed by atoms with Crippen molar-refractivity contribution in [3.63, 3.8) is 0 Å². The largest absolute Gasteiger partial charge is 0.497 e. The molecular formula is C27H28N4O4. The molecule has 2 aliphatic heterocycles. The number of fused-ring (bicyclic) bond motifs is 4. The van der Waals surface area contributed by atoms with Gasteiger partial charge >= 0.3 is 0 Å². The molecule has 0 radical (unpaired) electrons. The summed E-state index contributed by atoms with van der Waals surface area (Å²) in [5.41, 5.74) is 5.29. The fourth-order valence-electron chi connectivity index (χ4n) is 5.47. The molecule has 2 aromatic heterocycles. The third-order valence-electron chi connectivity index (χ3n) is 7.32. The van der Waals surface area contributed by atoms with Crippen LogP contribution in [0.4, 0.5) is 5.69 Å². The summed E-state index contributed by atoms with van der Waals surface area (Å²) in [6.45, 7) is 4.00. The normalized spacial score (nSPS) is 16.6. The molecule has 0 aliphatic carbocycles. The SMILES string of the molecule is COc1ccc2c(c1)CCCN2C(=O)c1cc2[nH]c(=O)c3cnc(C4CCOCC4)n3c2cc1C. The molecule has 4 aromatic rings. The fraction of sp³-hybridized carbons (Fsp3) is 0.370. The van der Waals surface area contributed by atoms with Gasteiger partial charge in [-0.1, -0.05) is 0 Å². The number of amides is 1. The van der Waals surface area contributed by atoms with Crippen molar-refractivity contribution in [2.45, 2.75) is 38.5 Å². The molecule has 1 saturated heterocycles. The quantitative estimate of drug-likeness (QED) is 0.487. The van der Waals surface area contributed by atoms with E-state index < -0.39 is 0 Å². The lowest BCUT2D eigenvalue weighted by molar-refractivity contribution is 0.0835. The van der Waals surface area contributed by atoms with Crippen molar-refractivity contribution in [1.82, 2.24) is 14.4 Å². The number of nitrogens with one attached hydrogen (secondary N) is 1. The first kappa shape index (κ1) is 21.9. The molecule has 0 saturated carbocycles. The molecule has 1 amide bonds. The molecule has 6 rings (SSSR count). The van der Waals surface area contributed by atoms with E-state index in [0.717, 1.165) is 59.6 Å². The number of hydrogen-bond donors (Lipinski definition) is 1. The first-order valence-corrected chi connectivity index (χ1v) is 12.2. The lowest BCUT2D eigenvalue weighted by atomic mass is 9.98. The number of methoxy groups -OCH3 is 1. The Morgan fingerprint density at radius 1 is 1.17 bits per heavy atom. The van der Waals surface area contributed by atoms with Gasteiger partial charge in [0.25, 0.3) is 11.5 Å². The van der Waals surface area contributed by atoms with Crippen LogP contribution in [-0.2, 0) is 11.2 Å². The summed E-state index contributed by atoms with van der Waals surface area (Å²) >= 11 is 0. The predicted octanol–water partition coefficient (Wildman–Crippen LogP) is 3.98. The zero-order chi connectivity index (χ0) is 24.1. The van der Waals surface area contributed by atoms with E-state index in [4.69, 9.17) is 9.47 Å². The van der Waals surface area contributed by atoms with Crippen LogP contribution in [0.1, 0.15) is 52.5 Å². The molecule has 0 bridgehead atoms. The van der Waals surface area contributed by atoms with Gasteiger partial charge < -0.3 is 19.4 Å². The maximum absolute atomic E-state index is 13.8. The molecule has 8 heteroatoms. The Bertz CT molecular complexity index is 1510. The van der Waals surface area contributed by atoms with E-state index in [9.17, 15) is 9.59 Å². The monoisotopic (exact) mass is 472 g/mol. The van der Waals surface area contributed by atoms with Crippen molar-refractivity contribution >= 4 is 28.1 Å². The van der Waals surface area contributed by atoms with E-state index in [-0.39, 0.29) is 17.4 Å². The second-order valence-electron chi connectivity index (χ2n) is 9.42. The molecule has 2 aromatic carbocycles. The summed E-state index contributed by atoms with van der Waals surface area (Å²) < 4.78 is 12.9. The number of H-pyrrole nitrogens is 1. The second-order valence-corrected chi connectivity index (χ2v) is 9.42. The lowest BCUT2D eigenvalue weighted by Crippen LogP contribution is -2.36. The van der Waals surface area contributed by atoms with Gasteiger partial charge in [-0.15, -0.1) is 0 Å². The third-order valence-corrected chi connectivity index (χ3v) is 7.32. The van der Waals surface area contributed by atoms with Gasteiger partial charge in [-0.05, 0) is 74.1 Å². The summed E-state index contributed by atoms with van der Waals surface area (Å²) in [5.74, 6) is 1.85. The molecule has 0 unspecified atom stereocenters. The highest BCUT2D eigenvalue weighted by Gasteiger charge is 2.27. The number of hydrogen-bond acceptors (Lipinski definition) is 5. The number of anilines is 1. The van der Waals surface area contributed by atoms with Gasteiger partial charge in [-0.2, -0.15) is 0 Å². The van der Waals surface area contributed by atoms with Crippen molar-refractivity contribution in [1.29, 1.82) is 0 Å². The van der Waals surface area contributed by atoms with Crippen molar-refractivity contribution in [2.24, 2.45) is 0 Å². The molecule has 1 fully saturated rings. The van der Waals surface area contributed by atoms with Crippen LogP contribution in [-0.4, -0.2) is 47.1 Å². The predicted molar refractivity (Wildman–Crippen MR) is 134 cm³/mol. The number of benzene rings is 2. The van der Waals surface area contributed by atoms with Gasteiger partial charge in [0.1, 0.15) is 17.1 Å². The Labute approximate surface area is 202 Å². The van der Waals surface area contributed by atoms with Crippen molar-refractivity contribution in [3.8, 4) is 5.75 Å². The number of aryl methyl sites for hydroxylation is 2. The Hall–Kier alpha value is -3.65. The number of carbonyl (C=O) groups is 1. The van der Waals surface area contributed by atoms with E-state index in [1.807, 2.05) is 46.6 Å². The van der Waals surface area contributed by atoms with Gasteiger partial charge in [0.2, 0.25) is 0 Å². The number of aromatic nitrogens is 3. The number of carbonyl (C=O) groups excluding carboxylic acids is 1. The van der Waals surface area contributed by atoms with Crippen LogP contribution in [0.25, 0.3) is 16.6 Å². The topological polar surface area (TPSA) is 88.9 Å². The second kappa shape index (κ2) is 8.53. The Kier molecular flexibility index (Phi) is 5.33. The number of aromatic amines is 1. The van der Waals surface area contributed by atoms with Crippen LogP contribution in [0.15, 0.2) is 41.3 Å². The Morgan fingerprint density at radius 2 is 2.00 bits per heavy atom. The van der Waals surface area contributed by atoms with Gasteiger partial charge in [0, 0.05) is 36.9 Å². The van der Waals surface area contributed by atoms with Crippen LogP contribution < -0.4 is 15.2 Å². The third kappa shape index (κ3) is 3.60. The van der Waals surface area contributed by atoms with E-state index >= 15 is 0 Å². The average molecular weight is 473 g/mol. The highest BCUT2D eigenvalue weighted by molar-refractivity contribution is 6.09. The summed E-state index contributed by atoms with van der Waals surface area (Å²) in [4.78, 5) is 36.1. The van der Waals surface area contributed by atoms with E-state index in [0.29, 0.717) is 36.4 Å². The van der Waals surface area contributed by atoms with Crippen LogP contribution in [0, 0.1) is 6.92 Å². The number of nitrogens with zero attached hydrogens (tertiary/aromatic N) is 3. The molecule has 4 heterocycles. The summed E-state index contributed by atoms with van der Waals surface area (Å²) in [5, 5.41) is 0. The Morgan fingerprint density at radius 3 is 2.80 bits per heavy atom. The van der Waals surface area contributed by atoms with E-state index in [1.165, 1.54) is 0 Å². The minimum Gasteiger partial charge on any atom is -0.497 e. The zero-order valence-corrected chi connectivity index (χ0v) is 20.0. The summed E-state index contributed by atoms with van der Waals surface area (Å²) in [6, 6.07) is 9.67. The van der Waals surface area contributed by atoms with Gasteiger partial charge in [0.05, 0.1) is 24.3 Å². The number of rotatable bonds is 3. The van der Waals surface area contributed by atoms with Crippen molar-refractivity contribution in [2.75, 3.05) is 31.8 Å². The van der Waals surface area contributed by atoms with Crippen LogP contribution in [0.5, 0.6) is 5.75 Å². The van der Waals surface area contributed by atoms with Gasteiger partial charge in [-0.25, -0.2) is 4.98 Å². The first-order chi connectivity index (χ1) is 17.0. The summed E-state index contributed by atoms with van der Waals surface area (Å²) in [7, 11) is 1.65. The zero-order valence-electron chi connectivity index (χ0n) is 20.0. The first-order valence-electron chi connectivity index (χ1n) is 12.2. The fourth-order valence-corrected chi connectivity index (χ4v) is 5.47. The molecule has 1 N–H and O–H groups in total. The molecule has 180 valence electrons. The highest BCUT2D eigenvalue weighted by atomic mass is 16.5. The number of ether oxygens (including phenoxy) is 2. The molecule has 8 nitrogen and oxygen atoms in total. The van der Waals surface area contributed by atoms with Crippen molar-refractivity contribution < 1.29 is 14.3 Å². The molecular weight excluding hydrogens is 444 g/mol. The molecule has 2 aliphatic rings. The van der Waals surface area contributed by atoms with Crippen molar-refractivity contribution in [3.05, 3.63) is 69.4 Å². The molecule has 35 heavy (non-hydrogen) atoms. The van der Waals surface area contributed by atoms with E-state index in [1.54, 1.807) is 13.3 Å². The highest BCUT2D eigenvalue weighted by Crippen LogP contribution is 2.33.